The van der Waals surface area contributed by atoms with Crippen molar-refractivity contribution in [2.75, 3.05) is 26.1 Å². The lowest BCUT2D eigenvalue weighted by Gasteiger charge is -2.15. The number of anilines is 1. The van der Waals surface area contributed by atoms with Gasteiger partial charge in [0.2, 0.25) is 0 Å². The van der Waals surface area contributed by atoms with Crippen LogP contribution in [-0.2, 0) is 17.7 Å². The first kappa shape index (κ1) is 15.7. The van der Waals surface area contributed by atoms with E-state index in [2.05, 4.69) is 17.4 Å². The summed E-state index contributed by atoms with van der Waals surface area (Å²) in [4.78, 5) is 0. The number of nitrogens with one attached hydrogen (secondary N) is 1. The Balaban J connectivity index is 2.13. The van der Waals surface area contributed by atoms with E-state index in [0.717, 1.165) is 23.4 Å². The lowest BCUT2D eigenvalue weighted by Crippen LogP contribution is -2.06. The van der Waals surface area contributed by atoms with Gasteiger partial charge in [-0.25, -0.2) is 0 Å². The highest BCUT2D eigenvalue weighted by Gasteiger charge is 2.08. The van der Waals surface area contributed by atoms with Crippen LogP contribution in [-0.4, -0.2) is 20.8 Å². The largest absolute Gasteiger partial charge is 0.496 e. The highest BCUT2D eigenvalue weighted by Crippen LogP contribution is 2.27. The van der Waals surface area contributed by atoms with Crippen LogP contribution in [0.15, 0.2) is 42.5 Å². The second kappa shape index (κ2) is 7.91. The average Bonchev–Trinajstić information content (AvgIpc) is 2.52. The Labute approximate surface area is 130 Å². The molecule has 0 bridgehead atoms. The summed E-state index contributed by atoms with van der Waals surface area (Å²) in [6, 6.07) is 13.9. The number of para-hydroxylation sites is 1. The molecule has 3 nitrogen and oxygen atoms in total. The van der Waals surface area contributed by atoms with Gasteiger partial charge in [-0.3, -0.25) is 0 Å². The minimum absolute atomic E-state index is 0.618. The van der Waals surface area contributed by atoms with E-state index in [0.29, 0.717) is 18.2 Å². The molecule has 0 spiro atoms. The normalized spacial score (nSPS) is 10.4. The molecule has 2 aromatic rings. The highest BCUT2D eigenvalue weighted by molar-refractivity contribution is 6.31. The predicted octanol–water partition coefficient (Wildman–Crippen LogP) is 4.15. The van der Waals surface area contributed by atoms with Gasteiger partial charge in [0.15, 0.2) is 0 Å². The van der Waals surface area contributed by atoms with Crippen LogP contribution in [0.4, 0.5) is 5.69 Å². The Hall–Kier alpha value is -1.71. The Morgan fingerprint density at radius 2 is 1.86 bits per heavy atom. The number of halogens is 1. The van der Waals surface area contributed by atoms with Gasteiger partial charge in [0.1, 0.15) is 5.75 Å². The van der Waals surface area contributed by atoms with Crippen LogP contribution in [0.2, 0.25) is 5.02 Å². The molecule has 0 aliphatic carbocycles. The first-order chi connectivity index (χ1) is 10.3. The van der Waals surface area contributed by atoms with E-state index in [9.17, 15) is 0 Å². The van der Waals surface area contributed by atoms with E-state index in [1.165, 1.54) is 5.56 Å². The van der Waals surface area contributed by atoms with Crippen LogP contribution in [0.25, 0.3) is 0 Å². The number of ether oxygens (including phenoxy) is 2. The predicted molar refractivity (Wildman–Crippen MR) is 87.4 cm³/mol. The molecule has 0 fully saturated rings. The standard InChI is InChI=1S/C17H20ClNO2/c1-20-11-10-13-6-3-4-8-16(13)19-12-14-15(18)7-5-9-17(14)21-2/h3-9,19H,10-12H2,1-2H3. The number of hydrogen-bond donors (Lipinski definition) is 1. The van der Waals surface area contributed by atoms with E-state index in [1.54, 1.807) is 14.2 Å². The van der Waals surface area contributed by atoms with Crippen molar-refractivity contribution in [2.24, 2.45) is 0 Å². The second-order valence-corrected chi connectivity index (χ2v) is 5.08. The van der Waals surface area contributed by atoms with Crippen LogP contribution in [0.1, 0.15) is 11.1 Å². The zero-order valence-electron chi connectivity index (χ0n) is 12.4. The van der Waals surface area contributed by atoms with Gasteiger partial charge in [0.05, 0.1) is 13.7 Å². The van der Waals surface area contributed by atoms with Gasteiger partial charge in [0, 0.05) is 29.9 Å². The lowest BCUT2D eigenvalue weighted by atomic mass is 10.1. The molecule has 0 saturated carbocycles. The molecule has 112 valence electrons. The molecule has 0 amide bonds. The smallest absolute Gasteiger partial charge is 0.125 e. The summed E-state index contributed by atoms with van der Waals surface area (Å²) < 4.78 is 10.5. The van der Waals surface area contributed by atoms with Crippen molar-refractivity contribution in [1.82, 2.24) is 0 Å². The average molecular weight is 306 g/mol. The van der Waals surface area contributed by atoms with E-state index < -0.39 is 0 Å². The van der Waals surface area contributed by atoms with E-state index >= 15 is 0 Å². The van der Waals surface area contributed by atoms with Crippen LogP contribution < -0.4 is 10.1 Å². The van der Waals surface area contributed by atoms with Crippen molar-refractivity contribution in [2.45, 2.75) is 13.0 Å². The number of methoxy groups -OCH3 is 2. The molecule has 0 radical (unpaired) electrons. The first-order valence-corrected chi connectivity index (χ1v) is 7.26. The van der Waals surface area contributed by atoms with Crippen molar-refractivity contribution in [3.63, 3.8) is 0 Å². The van der Waals surface area contributed by atoms with Gasteiger partial charge >= 0.3 is 0 Å². The van der Waals surface area contributed by atoms with Crippen LogP contribution in [0.5, 0.6) is 5.75 Å². The summed E-state index contributed by atoms with van der Waals surface area (Å²) in [5.41, 5.74) is 3.28. The third-order valence-electron chi connectivity index (χ3n) is 3.34. The van der Waals surface area contributed by atoms with Gasteiger partial charge in [-0.15, -0.1) is 0 Å². The van der Waals surface area contributed by atoms with Gasteiger partial charge in [0.25, 0.3) is 0 Å². The molecule has 4 heteroatoms. The fourth-order valence-corrected chi connectivity index (χ4v) is 2.44. The quantitative estimate of drug-likeness (QED) is 0.833. The van der Waals surface area contributed by atoms with Crippen LogP contribution in [0.3, 0.4) is 0 Å². The molecule has 2 rings (SSSR count). The van der Waals surface area contributed by atoms with Gasteiger partial charge in [-0.1, -0.05) is 35.9 Å². The minimum Gasteiger partial charge on any atom is -0.496 e. The first-order valence-electron chi connectivity index (χ1n) is 6.88. The van der Waals surface area contributed by atoms with Gasteiger partial charge < -0.3 is 14.8 Å². The molecule has 21 heavy (non-hydrogen) atoms. The topological polar surface area (TPSA) is 30.5 Å². The summed E-state index contributed by atoms with van der Waals surface area (Å²) in [5.74, 6) is 0.796. The van der Waals surface area contributed by atoms with Crippen LogP contribution in [0, 0.1) is 0 Å². The summed E-state index contributed by atoms with van der Waals surface area (Å²) in [6.45, 7) is 1.32. The van der Waals surface area contributed by atoms with Crippen molar-refractivity contribution >= 4 is 17.3 Å². The maximum absolute atomic E-state index is 6.26. The zero-order valence-corrected chi connectivity index (χ0v) is 13.1. The molecule has 0 unspecified atom stereocenters. The Morgan fingerprint density at radius 1 is 1.05 bits per heavy atom. The molecular weight excluding hydrogens is 286 g/mol. The number of rotatable bonds is 7. The second-order valence-electron chi connectivity index (χ2n) is 4.67. The molecule has 0 aliphatic rings. The third-order valence-corrected chi connectivity index (χ3v) is 3.70. The van der Waals surface area contributed by atoms with Crippen molar-refractivity contribution in [3.8, 4) is 5.75 Å². The highest BCUT2D eigenvalue weighted by atomic mass is 35.5. The maximum atomic E-state index is 6.26. The molecule has 2 aromatic carbocycles. The van der Waals surface area contributed by atoms with Crippen molar-refractivity contribution < 1.29 is 9.47 Å². The fourth-order valence-electron chi connectivity index (χ4n) is 2.21. The molecular formula is C17H20ClNO2. The molecule has 0 saturated heterocycles. The van der Waals surface area contributed by atoms with Crippen molar-refractivity contribution in [1.29, 1.82) is 0 Å². The zero-order chi connectivity index (χ0) is 15.1. The minimum atomic E-state index is 0.618. The summed E-state index contributed by atoms with van der Waals surface area (Å²) >= 11 is 6.26. The van der Waals surface area contributed by atoms with E-state index in [-0.39, 0.29) is 0 Å². The monoisotopic (exact) mass is 305 g/mol. The molecule has 0 aromatic heterocycles. The summed E-state index contributed by atoms with van der Waals surface area (Å²) in [6.07, 6.45) is 0.874. The number of hydrogen-bond acceptors (Lipinski definition) is 3. The summed E-state index contributed by atoms with van der Waals surface area (Å²) in [5, 5.41) is 4.14. The molecule has 0 atom stereocenters. The number of benzene rings is 2. The van der Waals surface area contributed by atoms with Gasteiger partial charge in [-0.2, -0.15) is 0 Å². The van der Waals surface area contributed by atoms with Crippen molar-refractivity contribution in [3.05, 3.63) is 58.6 Å². The Morgan fingerprint density at radius 3 is 2.62 bits per heavy atom. The van der Waals surface area contributed by atoms with E-state index in [1.807, 2.05) is 30.3 Å². The van der Waals surface area contributed by atoms with Gasteiger partial charge in [-0.05, 0) is 30.2 Å². The molecule has 1 N–H and O–H groups in total. The SMILES string of the molecule is COCCc1ccccc1NCc1c(Cl)cccc1OC. The molecule has 0 heterocycles. The fraction of sp³-hybridized carbons (Fsp3) is 0.294. The Kier molecular flexibility index (Phi) is 5.90. The molecule has 0 aliphatic heterocycles. The third kappa shape index (κ3) is 4.13. The maximum Gasteiger partial charge on any atom is 0.125 e. The lowest BCUT2D eigenvalue weighted by molar-refractivity contribution is 0.202. The van der Waals surface area contributed by atoms with E-state index in [4.69, 9.17) is 21.1 Å². The Bertz CT molecular complexity index is 587. The summed E-state index contributed by atoms with van der Waals surface area (Å²) in [7, 11) is 3.37. The van der Waals surface area contributed by atoms with Crippen LogP contribution >= 0.6 is 11.6 Å².